The molecule has 2 aromatic heterocycles. The number of benzene rings is 1. The van der Waals surface area contributed by atoms with Crippen LogP contribution < -0.4 is 21.7 Å². The van der Waals surface area contributed by atoms with Crippen LogP contribution >= 0.6 is 0 Å². The molecule has 1 aliphatic rings. The normalized spacial score (nSPS) is 12.4. The third kappa shape index (κ3) is 5.63. The SMILES string of the molecule is CN(C)C(=O)Nc1cncc(-c2ccc(N)c(C(=N)C(=O)Nc3cnccc3NC(=O)C3CC3)c2)c1. The molecule has 0 unspecified atom stereocenters. The van der Waals surface area contributed by atoms with Crippen LogP contribution in [0.5, 0.6) is 0 Å². The van der Waals surface area contributed by atoms with Crippen LogP contribution in [-0.2, 0) is 9.59 Å². The van der Waals surface area contributed by atoms with Crippen molar-refractivity contribution in [1.29, 1.82) is 5.41 Å². The van der Waals surface area contributed by atoms with Crippen molar-refractivity contribution >= 4 is 46.3 Å². The second kappa shape index (κ2) is 10.2. The summed E-state index contributed by atoms with van der Waals surface area (Å²) in [4.78, 5) is 46.7. The fraction of sp³-hybridized carbons (Fsp3) is 0.200. The highest BCUT2D eigenvalue weighted by Crippen LogP contribution is 2.31. The van der Waals surface area contributed by atoms with E-state index < -0.39 is 5.91 Å². The molecule has 6 N–H and O–H groups in total. The van der Waals surface area contributed by atoms with Crippen LogP contribution in [0.4, 0.5) is 27.5 Å². The van der Waals surface area contributed by atoms with E-state index in [1.165, 1.54) is 23.5 Å². The Labute approximate surface area is 207 Å². The van der Waals surface area contributed by atoms with Gasteiger partial charge < -0.3 is 26.6 Å². The Bertz CT molecular complexity index is 1350. The van der Waals surface area contributed by atoms with Gasteiger partial charge in [-0.3, -0.25) is 25.0 Å². The molecule has 1 fully saturated rings. The number of rotatable bonds is 7. The smallest absolute Gasteiger partial charge is 0.321 e. The molecule has 1 aliphatic carbocycles. The summed E-state index contributed by atoms with van der Waals surface area (Å²) in [6.07, 6.45) is 7.74. The third-order valence-electron chi connectivity index (χ3n) is 5.55. The van der Waals surface area contributed by atoms with Crippen molar-refractivity contribution in [1.82, 2.24) is 14.9 Å². The number of pyridine rings is 2. The summed E-state index contributed by atoms with van der Waals surface area (Å²) in [6, 6.07) is 7.98. The molecular weight excluding hydrogens is 460 g/mol. The average Bonchev–Trinajstić information content (AvgIpc) is 3.71. The zero-order valence-electron chi connectivity index (χ0n) is 19.8. The first kappa shape index (κ1) is 24.3. The van der Waals surface area contributed by atoms with Crippen molar-refractivity contribution in [2.75, 3.05) is 35.8 Å². The van der Waals surface area contributed by atoms with E-state index in [9.17, 15) is 14.4 Å². The monoisotopic (exact) mass is 486 g/mol. The van der Waals surface area contributed by atoms with Crippen LogP contribution in [0.3, 0.4) is 0 Å². The number of nitrogens with one attached hydrogen (secondary N) is 4. The summed E-state index contributed by atoms with van der Waals surface area (Å²) >= 11 is 0. The quantitative estimate of drug-likeness (QED) is 0.254. The molecule has 0 aliphatic heterocycles. The topological polar surface area (TPSA) is 166 Å². The standard InChI is InChI=1S/C25H26N8O3/c1-33(2)25(36)30-17-9-16(11-29-12-17)15-5-6-19(26)18(10-15)22(27)24(35)32-21-13-28-8-7-20(21)31-23(34)14-3-4-14/h5-14,27H,3-4,26H2,1-2H3,(H,30,36)(H,32,35)(H,28,31,34). The highest BCUT2D eigenvalue weighted by atomic mass is 16.2. The summed E-state index contributed by atoms with van der Waals surface area (Å²) < 4.78 is 0. The van der Waals surface area contributed by atoms with E-state index in [0.29, 0.717) is 22.5 Å². The van der Waals surface area contributed by atoms with E-state index in [0.717, 1.165) is 12.8 Å². The van der Waals surface area contributed by atoms with E-state index in [-0.39, 0.29) is 40.5 Å². The molecule has 0 spiro atoms. The number of carbonyl (C=O) groups is 3. The maximum Gasteiger partial charge on any atom is 0.321 e. The third-order valence-corrected chi connectivity index (χ3v) is 5.55. The number of carbonyl (C=O) groups excluding carboxylic acids is 3. The summed E-state index contributed by atoms with van der Waals surface area (Å²) in [7, 11) is 3.26. The molecule has 4 amide bonds. The highest BCUT2D eigenvalue weighted by molar-refractivity contribution is 6.49. The Morgan fingerprint density at radius 3 is 2.44 bits per heavy atom. The molecule has 3 aromatic rings. The number of nitrogen functional groups attached to an aromatic ring is 1. The van der Waals surface area contributed by atoms with E-state index in [1.807, 2.05) is 0 Å². The van der Waals surface area contributed by atoms with Gasteiger partial charge in [-0.15, -0.1) is 0 Å². The molecule has 36 heavy (non-hydrogen) atoms. The van der Waals surface area contributed by atoms with Gasteiger partial charge in [0.2, 0.25) is 5.91 Å². The van der Waals surface area contributed by atoms with Gasteiger partial charge in [-0.25, -0.2) is 4.79 Å². The molecule has 0 saturated heterocycles. The fourth-order valence-corrected chi connectivity index (χ4v) is 3.34. The summed E-state index contributed by atoms with van der Waals surface area (Å²) in [5, 5.41) is 16.6. The lowest BCUT2D eigenvalue weighted by molar-refractivity contribution is -0.117. The lowest BCUT2D eigenvalue weighted by atomic mass is 10.00. The molecule has 1 saturated carbocycles. The van der Waals surface area contributed by atoms with E-state index in [4.69, 9.17) is 11.1 Å². The highest BCUT2D eigenvalue weighted by Gasteiger charge is 2.30. The first-order valence-electron chi connectivity index (χ1n) is 11.2. The van der Waals surface area contributed by atoms with Crippen molar-refractivity contribution in [3.05, 3.63) is 60.7 Å². The summed E-state index contributed by atoms with van der Waals surface area (Å²) in [5.41, 5.74) is 8.72. The summed E-state index contributed by atoms with van der Waals surface area (Å²) in [5.74, 6) is -0.827. The fourth-order valence-electron chi connectivity index (χ4n) is 3.34. The number of nitrogens with two attached hydrogens (primary N) is 1. The Morgan fingerprint density at radius 1 is 0.944 bits per heavy atom. The first-order valence-corrected chi connectivity index (χ1v) is 11.2. The molecule has 0 atom stereocenters. The van der Waals surface area contributed by atoms with Crippen molar-refractivity contribution in [3.63, 3.8) is 0 Å². The molecule has 4 rings (SSSR count). The summed E-state index contributed by atoms with van der Waals surface area (Å²) in [6.45, 7) is 0. The number of hydrogen-bond donors (Lipinski definition) is 5. The van der Waals surface area contributed by atoms with Gasteiger partial charge in [-0.1, -0.05) is 6.07 Å². The molecule has 11 heteroatoms. The van der Waals surface area contributed by atoms with Crippen LogP contribution in [-0.4, -0.2) is 52.5 Å². The number of urea groups is 1. The van der Waals surface area contributed by atoms with Crippen LogP contribution in [0.2, 0.25) is 0 Å². The van der Waals surface area contributed by atoms with Gasteiger partial charge >= 0.3 is 6.03 Å². The predicted octanol–water partition coefficient (Wildman–Crippen LogP) is 3.17. The Balaban J connectivity index is 1.54. The van der Waals surface area contributed by atoms with Crippen LogP contribution in [0.15, 0.2) is 55.1 Å². The number of nitrogens with zero attached hydrogens (tertiary/aromatic N) is 3. The van der Waals surface area contributed by atoms with Gasteiger partial charge in [0.05, 0.1) is 29.5 Å². The van der Waals surface area contributed by atoms with Gasteiger partial charge in [0, 0.05) is 49.2 Å². The van der Waals surface area contributed by atoms with Crippen molar-refractivity contribution < 1.29 is 14.4 Å². The maximum absolute atomic E-state index is 12.9. The number of anilines is 4. The largest absolute Gasteiger partial charge is 0.398 e. The van der Waals surface area contributed by atoms with E-state index >= 15 is 0 Å². The molecule has 0 bridgehead atoms. The van der Waals surface area contributed by atoms with E-state index in [1.54, 1.807) is 50.6 Å². The first-order chi connectivity index (χ1) is 17.2. The van der Waals surface area contributed by atoms with Crippen LogP contribution in [0.25, 0.3) is 11.1 Å². The second-order valence-corrected chi connectivity index (χ2v) is 8.60. The van der Waals surface area contributed by atoms with Gasteiger partial charge in [-0.05, 0) is 42.7 Å². The van der Waals surface area contributed by atoms with Crippen molar-refractivity contribution in [2.24, 2.45) is 5.92 Å². The minimum atomic E-state index is -0.709. The molecular formula is C25H26N8O3. The number of hydrogen-bond acceptors (Lipinski definition) is 7. The zero-order valence-corrected chi connectivity index (χ0v) is 19.8. The second-order valence-electron chi connectivity index (χ2n) is 8.60. The molecule has 184 valence electrons. The van der Waals surface area contributed by atoms with Crippen molar-refractivity contribution in [2.45, 2.75) is 12.8 Å². The van der Waals surface area contributed by atoms with Gasteiger partial charge in [0.25, 0.3) is 5.91 Å². The van der Waals surface area contributed by atoms with Crippen molar-refractivity contribution in [3.8, 4) is 11.1 Å². The molecule has 2 heterocycles. The number of amides is 4. The Kier molecular flexibility index (Phi) is 6.91. The lowest BCUT2D eigenvalue weighted by Crippen LogP contribution is -2.27. The molecule has 11 nitrogen and oxygen atoms in total. The number of aromatic nitrogens is 2. The zero-order chi connectivity index (χ0) is 25.8. The minimum Gasteiger partial charge on any atom is -0.398 e. The Morgan fingerprint density at radius 2 is 1.72 bits per heavy atom. The maximum atomic E-state index is 12.9. The average molecular weight is 487 g/mol. The predicted molar refractivity (Wildman–Crippen MR) is 138 cm³/mol. The Hall–Kier alpha value is -4.80. The van der Waals surface area contributed by atoms with Crippen LogP contribution in [0.1, 0.15) is 18.4 Å². The lowest BCUT2D eigenvalue weighted by Gasteiger charge is -2.14. The van der Waals surface area contributed by atoms with Gasteiger partial charge in [-0.2, -0.15) is 0 Å². The van der Waals surface area contributed by atoms with Gasteiger partial charge in [0.1, 0.15) is 5.71 Å². The molecule has 1 aromatic carbocycles. The van der Waals surface area contributed by atoms with Gasteiger partial charge in [0.15, 0.2) is 0 Å². The minimum absolute atomic E-state index is 0.00764. The molecule has 0 radical (unpaired) electrons. The van der Waals surface area contributed by atoms with E-state index in [2.05, 4.69) is 25.9 Å². The van der Waals surface area contributed by atoms with Crippen LogP contribution in [0, 0.1) is 11.3 Å².